The largest absolute Gasteiger partial charge is 0.309 e. The van der Waals surface area contributed by atoms with E-state index in [1.165, 1.54) is 16.4 Å². The van der Waals surface area contributed by atoms with Gasteiger partial charge in [-0.1, -0.05) is 25.3 Å². The molecule has 3 aromatic heterocycles. The van der Waals surface area contributed by atoms with Crippen molar-refractivity contribution in [1.82, 2.24) is 24.3 Å². The Bertz CT molecular complexity index is 683. The number of aromatic nitrogens is 4. The first-order valence-electron chi connectivity index (χ1n) is 7.15. The molecule has 0 amide bonds. The number of imidazole rings is 1. The molecular weight excluding hydrogens is 302 g/mol. The molecule has 0 bridgehead atoms. The average Bonchev–Trinajstić information content (AvgIpc) is 3.12. The van der Waals surface area contributed by atoms with Gasteiger partial charge in [-0.25, -0.2) is 4.98 Å². The van der Waals surface area contributed by atoms with Gasteiger partial charge in [-0.2, -0.15) is 0 Å². The zero-order valence-corrected chi connectivity index (χ0v) is 14.0. The summed E-state index contributed by atoms with van der Waals surface area (Å²) >= 11 is 3.16. The summed E-state index contributed by atoms with van der Waals surface area (Å²) < 4.78 is 6.23. The topological polar surface area (TPSA) is 55.1 Å². The van der Waals surface area contributed by atoms with Crippen molar-refractivity contribution < 1.29 is 0 Å². The first kappa shape index (κ1) is 14.6. The van der Waals surface area contributed by atoms with Gasteiger partial charge in [0.1, 0.15) is 0 Å². The molecule has 0 saturated carbocycles. The summed E-state index contributed by atoms with van der Waals surface area (Å²) in [7, 11) is 0. The lowest BCUT2D eigenvalue weighted by Crippen LogP contribution is -2.23. The fraction of sp³-hybridized carbons (Fsp3) is 0.500. The van der Waals surface area contributed by atoms with Crippen molar-refractivity contribution in [1.29, 1.82) is 0 Å². The van der Waals surface area contributed by atoms with Crippen LogP contribution < -0.4 is 5.32 Å². The van der Waals surface area contributed by atoms with Crippen LogP contribution >= 0.6 is 22.9 Å². The summed E-state index contributed by atoms with van der Waals surface area (Å²) in [5.74, 6) is 0.394. The van der Waals surface area contributed by atoms with Crippen molar-refractivity contribution in [2.24, 2.45) is 0 Å². The maximum Gasteiger partial charge on any atom is 0.193 e. The number of nitrogens with one attached hydrogen (secondary N) is 1. The molecule has 1 unspecified atom stereocenters. The van der Waals surface area contributed by atoms with E-state index in [-0.39, 0.29) is 6.04 Å². The minimum absolute atomic E-state index is 0.233. The molecule has 112 valence electrons. The third-order valence-electron chi connectivity index (χ3n) is 3.41. The Morgan fingerprint density at radius 1 is 1.38 bits per heavy atom. The fourth-order valence-corrected chi connectivity index (χ4v) is 4.03. The van der Waals surface area contributed by atoms with Crippen LogP contribution in [-0.4, -0.2) is 25.5 Å². The van der Waals surface area contributed by atoms with E-state index < -0.39 is 0 Å². The Labute approximate surface area is 132 Å². The van der Waals surface area contributed by atoms with Gasteiger partial charge in [0.15, 0.2) is 4.96 Å². The third kappa shape index (κ3) is 3.00. The Hall–Kier alpha value is -1.31. The summed E-state index contributed by atoms with van der Waals surface area (Å²) in [4.78, 5) is 6.97. The summed E-state index contributed by atoms with van der Waals surface area (Å²) in [5, 5.41) is 9.90. The number of fused-ring (bicyclic) bond motifs is 1. The van der Waals surface area contributed by atoms with Gasteiger partial charge in [-0.05, 0) is 24.0 Å². The molecule has 0 aliphatic heterocycles. The summed E-state index contributed by atoms with van der Waals surface area (Å²) in [6.45, 7) is 7.37. The highest BCUT2D eigenvalue weighted by atomic mass is 32.1. The lowest BCUT2D eigenvalue weighted by atomic mass is 10.0. The zero-order chi connectivity index (χ0) is 14.8. The van der Waals surface area contributed by atoms with Gasteiger partial charge in [-0.15, -0.1) is 16.4 Å². The van der Waals surface area contributed by atoms with E-state index in [2.05, 4.69) is 56.6 Å². The third-order valence-corrected chi connectivity index (χ3v) is 5.03. The molecule has 0 saturated heterocycles. The zero-order valence-electron chi connectivity index (χ0n) is 12.4. The van der Waals surface area contributed by atoms with Crippen LogP contribution in [0.15, 0.2) is 17.8 Å². The predicted molar refractivity (Wildman–Crippen MR) is 87.2 cm³/mol. The molecule has 21 heavy (non-hydrogen) atoms. The summed E-state index contributed by atoms with van der Waals surface area (Å²) in [5.41, 5.74) is 2.21. The molecule has 3 aromatic rings. The highest BCUT2D eigenvalue weighted by Gasteiger charge is 2.22. The Kier molecular flexibility index (Phi) is 4.32. The van der Waals surface area contributed by atoms with Crippen LogP contribution in [0.2, 0.25) is 0 Å². The average molecular weight is 321 g/mol. The van der Waals surface area contributed by atoms with Crippen molar-refractivity contribution in [2.45, 2.75) is 39.2 Å². The predicted octanol–water partition coefficient (Wildman–Crippen LogP) is 3.26. The van der Waals surface area contributed by atoms with Gasteiger partial charge in [-0.3, -0.25) is 4.40 Å². The van der Waals surface area contributed by atoms with E-state index in [1.54, 1.807) is 11.3 Å². The van der Waals surface area contributed by atoms with Crippen LogP contribution in [0.4, 0.5) is 0 Å². The standard InChI is InChI=1S/C14H19N5S2/c1-4-15-11(13-12(9(2)3)17-18-21-13)7-10-8-19-5-6-20-14(19)16-10/h5-6,8-9,11,15H,4,7H2,1-3H3. The lowest BCUT2D eigenvalue weighted by Gasteiger charge is -2.17. The maximum absolute atomic E-state index is 4.68. The van der Waals surface area contributed by atoms with E-state index in [0.29, 0.717) is 5.92 Å². The van der Waals surface area contributed by atoms with Gasteiger partial charge in [0, 0.05) is 24.2 Å². The van der Waals surface area contributed by atoms with E-state index in [0.717, 1.165) is 29.3 Å². The van der Waals surface area contributed by atoms with E-state index in [1.807, 2.05) is 6.20 Å². The monoisotopic (exact) mass is 321 g/mol. The van der Waals surface area contributed by atoms with Gasteiger partial charge in [0.2, 0.25) is 0 Å². The van der Waals surface area contributed by atoms with Crippen LogP contribution in [0.25, 0.3) is 4.96 Å². The highest BCUT2D eigenvalue weighted by Crippen LogP contribution is 2.28. The SMILES string of the molecule is CCNC(Cc1cn2ccsc2n1)c1snnc1C(C)C. The molecule has 1 N–H and O–H groups in total. The quantitative estimate of drug-likeness (QED) is 0.757. The molecular formula is C14H19N5S2. The Balaban J connectivity index is 1.87. The minimum Gasteiger partial charge on any atom is -0.309 e. The molecule has 0 fully saturated rings. The molecule has 0 radical (unpaired) electrons. The van der Waals surface area contributed by atoms with Crippen molar-refractivity contribution in [3.63, 3.8) is 0 Å². The van der Waals surface area contributed by atoms with Crippen molar-refractivity contribution in [2.75, 3.05) is 6.54 Å². The van der Waals surface area contributed by atoms with Gasteiger partial charge in [0.05, 0.1) is 22.3 Å². The molecule has 0 aliphatic carbocycles. The Morgan fingerprint density at radius 3 is 2.95 bits per heavy atom. The first-order chi connectivity index (χ1) is 10.2. The molecule has 3 heterocycles. The number of thiazole rings is 1. The van der Waals surface area contributed by atoms with Gasteiger partial charge in [0.25, 0.3) is 0 Å². The van der Waals surface area contributed by atoms with E-state index in [9.17, 15) is 0 Å². The molecule has 7 heteroatoms. The summed E-state index contributed by atoms with van der Waals surface area (Å²) in [6, 6.07) is 0.233. The number of hydrogen-bond donors (Lipinski definition) is 1. The number of nitrogens with zero attached hydrogens (tertiary/aromatic N) is 4. The molecule has 5 nitrogen and oxygen atoms in total. The second-order valence-corrected chi connectivity index (χ2v) is 6.98. The number of hydrogen-bond acceptors (Lipinski definition) is 6. The van der Waals surface area contributed by atoms with Crippen LogP contribution in [0.5, 0.6) is 0 Å². The lowest BCUT2D eigenvalue weighted by molar-refractivity contribution is 0.544. The van der Waals surface area contributed by atoms with E-state index >= 15 is 0 Å². The molecule has 3 rings (SSSR count). The maximum atomic E-state index is 4.68. The molecule has 0 aromatic carbocycles. The number of rotatable bonds is 6. The molecule has 0 aliphatic rings. The van der Waals surface area contributed by atoms with Crippen molar-refractivity contribution >= 4 is 27.8 Å². The normalized spacial score (nSPS) is 13.3. The van der Waals surface area contributed by atoms with Crippen LogP contribution in [0.1, 0.15) is 49.0 Å². The smallest absolute Gasteiger partial charge is 0.193 e. The van der Waals surface area contributed by atoms with Gasteiger partial charge >= 0.3 is 0 Å². The first-order valence-corrected chi connectivity index (χ1v) is 8.81. The Morgan fingerprint density at radius 2 is 2.24 bits per heavy atom. The van der Waals surface area contributed by atoms with Crippen LogP contribution in [0.3, 0.4) is 0 Å². The minimum atomic E-state index is 0.233. The molecule has 1 atom stereocenters. The van der Waals surface area contributed by atoms with Crippen molar-refractivity contribution in [3.8, 4) is 0 Å². The summed E-state index contributed by atoms with van der Waals surface area (Å²) in [6.07, 6.45) is 5.03. The van der Waals surface area contributed by atoms with Gasteiger partial charge < -0.3 is 5.32 Å². The van der Waals surface area contributed by atoms with Crippen molar-refractivity contribution in [3.05, 3.63) is 34.0 Å². The number of likely N-dealkylation sites (N-methyl/N-ethyl adjacent to an activating group) is 1. The van der Waals surface area contributed by atoms with Crippen LogP contribution in [0, 0.1) is 0 Å². The second kappa shape index (κ2) is 6.21. The molecule has 0 spiro atoms. The second-order valence-electron chi connectivity index (χ2n) is 5.32. The fourth-order valence-electron chi connectivity index (χ4n) is 2.43. The van der Waals surface area contributed by atoms with Crippen LogP contribution in [-0.2, 0) is 6.42 Å². The highest BCUT2D eigenvalue weighted by molar-refractivity contribution is 7.15. The van der Waals surface area contributed by atoms with E-state index in [4.69, 9.17) is 0 Å².